The topological polar surface area (TPSA) is 29.5 Å². The van der Waals surface area contributed by atoms with Crippen LogP contribution < -0.4 is 0 Å². The van der Waals surface area contributed by atoms with Gasteiger partial charge < -0.3 is 0 Å². The summed E-state index contributed by atoms with van der Waals surface area (Å²) in [6.45, 7) is 14.9. The zero-order valence-electron chi connectivity index (χ0n) is 21.4. The first-order chi connectivity index (χ1) is 15.3. The first kappa shape index (κ1) is 27.3. The van der Waals surface area contributed by atoms with Crippen LogP contribution in [0.15, 0.2) is 45.5 Å². The molecule has 1 aromatic rings. The van der Waals surface area contributed by atoms with E-state index in [9.17, 15) is 4.79 Å². The Labute approximate surface area is 202 Å². The fourth-order valence-electron chi connectivity index (χ4n) is 5.10. The molecule has 1 aromatic carbocycles. The molecule has 5 heteroatoms. The van der Waals surface area contributed by atoms with Crippen molar-refractivity contribution in [1.82, 2.24) is 4.90 Å². The maximum atomic E-state index is 12.6. The molecule has 0 saturated carbocycles. The fraction of sp³-hybridized carbons (Fsp3) is 0.630. The number of hydrogen-bond donors (Lipinski definition) is 0. The number of amides is 1. The summed E-state index contributed by atoms with van der Waals surface area (Å²) in [7, 11) is -1.58. The molecule has 1 saturated heterocycles. The number of cyclic esters (lactones) is 1. The van der Waals surface area contributed by atoms with E-state index in [0.717, 1.165) is 5.56 Å². The minimum absolute atomic E-state index is 0.0504. The molecule has 3 nitrogen and oxygen atoms in total. The van der Waals surface area contributed by atoms with Crippen molar-refractivity contribution in [2.24, 2.45) is 0 Å². The molecule has 1 aliphatic heterocycles. The van der Waals surface area contributed by atoms with Crippen LogP contribution in [0.25, 0.3) is 0 Å². The van der Waals surface area contributed by atoms with Gasteiger partial charge in [-0.25, -0.2) is 0 Å². The molecular formula is C27H45NO2SiSn. The number of rotatable bonds is 13. The molecular weight excluding hydrogens is 517 g/mol. The molecule has 0 N–H and O–H groups in total. The Morgan fingerprint density at radius 1 is 1.03 bits per heavy atom. The quantitative estimate of drug-likeness (QED) is 0.178. The Bertz CT molecular complexity index is 759. The zero-order chi connectivity index (χ0) is 23.6. The predicted molar refractivity (Wildman–Crippen MR) is 142 cm³/mol. The van der Waals surface area contributed by atoms with Crippen molar-refractivity contribution in [3.05, 3.63) is 51.0 Å². The van der Waals surface area contributed by atoms with E-state index in [2.05, 4.69) is 58.3 Å². The van der Waals surface area contributed by atoms with E-state index >= 15 is 0 Å². The van der Waals surface area contributed by atoms with Crippen molar-refractivity contribution in [2.75, 3.05) is 6.61 Å². The molecule has 0 spiro atoms. The van der Waals surface area contributed by atoms with Crippen LogP contribution >= 0.6 is 0 Å². The van der Waals surface area contributed by atoms with Gasteiger partial charge in [0.1, 0.15) is 0 Å². The van der Waals surface area contributed by atoms with Gasteiger partial charge in [0.2, 0.25) is 0 Å². The monoisotopic (exact) mass is 563 g/mol. The fourth-order valence-corrected chi connectivity index (χ4v) is 37.5. The molecule has 1 heterocycles. The van der Waals surface area contributed by atoms with E-state index in [4.69, 9.17) is 4.74 Å². The number of hydrogen-bond acceptors (Lipinski definition) is 2. The molecule has 0 aromatic heterocycles. The summed E-state index contributed by atoms with van der Waals surface area (Å²) in [6, 6.07) is 10.2. The van der Waals surface area contributed by atoms with Crippen molar-refractivity contribution in [3.8, 4) is 0 Å². The van der Waals surface area contributed by atoms with Crippen LogP contribution in [0.2, 0.25) is 33.0 Å². The Hall–Kier alpha value is -0.974. The number of carbonyl (C=O) groups is 1. The number of ether oxygens (including phenoxy) is 1. The van der Waals surface area contributed by atoms with Gasteiger partial charge in [0, 0.05) is 0 Å². The molecule has 0 radical (unpaired) electrons. The number of benzene rings is 1. The predicted octanol–water partition coefficient (Wildman–Crippen LogP) is 8.48. The average molecular weight is 562 g/mol. The van der Waals surface area contributed by atoms with E-state index in [1.54, 1.807) is 8.11 Å². The Balaban J connectivity index is 2.56. The van der Waals surface area contributed by atoms with E-state index < -0.39 is 26.5 Å². The maximum absolute atomic E-state index is 12.6. The summed E-state index contributed by atoms with van der Waals surface area (Å²) < 4.78 is 11.5. The summed E-state index contributed by atoms with van der Waals surface area (Å²) in [5.41, 5.74) is 5.00. The molecule has 0 unspecified atom stereocenters. The summed E-state index contributed by atoms with van der Waals surface area (Å²) in [5.74, 6) is 0. The zero-order valence-corrected chi connectivity index (χ0v) is 25.2. The van der Waals surface area contributed by atoms with Gasteiger partial charge in [0.25, 0.3) is 0 Å². The van der Waals surface area contributed by atoms with Crippen LogP contribution in [0.3, 0.4) is 0 Å². The Kier molecular flexibility index (Phi) is 11.1. The Morgan fingerprint density at radius 3 is 2.03 bits per heavy atom. The second kappa shape index (κ2) is 13.1. The van der Waals surface area contributed by atoms with Crippen LogP contribution in [-0.2, 0) is 4.74 Å². The Morgan fingerprint density at radius 2 is 1.56 bits per heavy atom. The van der Waals surface area contributed by atoms with Crippen LogP contribution in [0.4, 0.5) is 4.79 Å². The first-order valence-corrected chi connectivity index (χ1v) is 23.7. The van der Waals surface area contributed by atoms with Gasteiger partial charge in [-0.2, -0.15) is 0 Å². The molecule has 1 atom stereocenters. The third-order valence-corrected chi connectivity index (χ3v) is 33.0. The van der Waals surface area contributed by atoms with Gasteiger partial charge >= 0.3 is 203 Å². The molecule has 1 fully saturated rings. The molecule has 32 heavy (non-hydrogen) atoms. The van der Waals surface area contributed by atoms with Gasteiger partial charge in [0.05, 0.1) is 0 Å². The summed E-state index contributed by atoms with van der Waals surface area (Å²) in [4.78, 5) is 14.4. The molecule has 0 aliphatic carbocycles. The normalized spacial score (nSPS) is 16.6. The number of nitrogens with zero attached hydrogens (tertiary/aromatic N) is 1. The minimum atomic E-state index is -2.62. The molecule has 2 rings (SSSR count). The summed E-state index contributed by atoms with van der Waals surface area (Å²) in [6.07, 6.45) is 9.59. The van der Waals surface area contributed by atoms with Crippen molar-refractivity contribution in [2.45, 2.75) is 98.3 Å². The molecule has 0 bridgehead atoms. The third-order valence-electron chi connectivity index (χ3n) is 6.75. The van der Waals surface area contributed by atoms with E-state index in [1.165, 1.54) is 51.8 Å². The van der Waals surface area contributed by atoms with Crippen molar-refractivity contribution in [1.29, 1.82) is 0 Å². The molecule has 1 aliphatic rings. The van der Waals surface area contributed by atoms with Gasteiger partial charge in [-0.3, -0.25) is 0 Å². The van der Waals surface area contributed by atoms with Crippen molar-refractivity contribution >= 4 is 32.5 Å². The van der Waals surface area contributed by atoms with Crippen LogP contribution in [0.5, 0.6) is 0 Å². The van der Waals surface area contributed by atoms with Crippen LogP contribution in [0.1, 0.15) is 70.9 Å². The molecule has 178 valence electrons. The molecule has 1 amide bonds. The summed E-state index contributed by atoms with van der Waals surface area (Å²) in [5, 5.41) is 0. The third kappa shape index (κ3) is 7.26. The number of unbranched alkanes of at least 4 members (excludes halogenated alkanes) is 3. The van der Waals surface area contributed by atoms with E-state index in [-0.39, 0.29) is 12.1 Å². The second-order valence-corrected chi connectivity index (χ2v) is 29.8. The SMILES string of the molecule is CCC[CH2][Sn]([CH2]CCC)([CH2]CCC)[C](=C=CN1C(=O)OC[C@H]1c1ccccc1)[Si](C)(C)C. The van der Waals surface area contributed by atoms with Gasteiger partial charge in [-0.05, 0) is 0 Å². The van der Waals surface area contributed by atoms with Gasteiger partial charge in [0.15, 0.2) is 0 Å². The standard InChI is InChI=1S/C15H18NO2Si.3C4H9.Sn/c1-19(2,3)11-7-10-16-14(12-18-15(16)17)13-8-5-4-6-9-13;3*1-3-4-2;/h4-6,8-10,14H,12H2,1-3H3;3*1,3-4H2,2H3;/t7?,14-;;;;/m0..../s1. The van der Waals surface area contributed by atoms with E-state index in [1.807, 2.05) is 24.4 Å². The van der Waals surface area contributed by atoms with E-state index in [0.29, 0.717) is 6.61 Å². The first-order valence-electron chi connectivity index (χ1n) is 12.8. The van der Waals surface area contributed by atoms with Crippen molar-refractivity contribution in [3.63, 3.8) is 0 Å². The van der Waals surface area contributed by atoms with Crippen LogP contribution in [0, 0.1) is 0 Å². The second-order valence-electron chi connectivity index (χ2n) is 10.4. The summed E-state index contributed by atoms with van der Waals surface area (Å²) >= 11 is -2.62. The van der Waals surface area contributed by atoms with Gasteiger partial charge in [-0.15, -0.1) is 0 Å². The van der Waals surface area contributed by atoms with Crippen LogP contribution in [-0.4, -0.2) is 44.1 Å². The average Bonchev–Trinajstić information content (AvgIpc) is 3.14. The van der Waals surface area contributed by atoms with Gasteiger partial charge in [-0.1, -0.05) is 0 Å². The number of carbonyl (C=O) groups excluding carboxylic acids is 1. The van der Waals surface area contributed by atoms with Crippen molar-refractivity contribution < 1.29 is 9.53 Å².